The van der Waals surface area contributed by atoms with Gasteiger partial charge in [0.05, 0.1) is 33.8 Å². The van der Waals surface area contributed by atoms with Crippen LogP contribution < -0.4 is 18.9 Å². The number of rotatable bonds is 7. The van der Waals surface area contributed by atoms with E-state index in [1.54, 1.807) is 45.6 Å². The molecule has 158 valence electrons. The summed E-state index contributed by atoms with van der Waals surface area (Å²) in [5, 5.41) is -0.458. The maximum atomic E-state index is 13.6. The Balaban J connectivity index is 2.10. The second kappa shape index (κ2) is 8.73. The van der Waals surface area contributed by atoms with Crippen LogP contribution in [0.25, 0.3) is 0 Å². The second-order valence-corrected chi connectivity index (χ2v) is 9.49. The highest BCUT2D eigenvalue weighted by atomic mass is 32.2. The zero-order valence-electron chi connectivity index (χ0n) is 17.1. The zero-order valence-corrected chi connectivity index (χ0v) is 18.7. The number of aryl methyl sites for hydroxylation is 1. The molecule has 0 radical (unpaired) electrons. The van der Waals surface area contributed by atoms with Crippen molar-refractivity contribution in [3.63, 3.8) is 0 Å². The summed E-state index contributed by atoms with van der Waals surface area (Å²) in [7, 11) is 2.30. The normalized spacial score (nSPS) is 17.2. The Morgan fingerprint density at radius 1 is 0.897 bits per heavy atom. The first-order chi connectivity index (χ1) is 13.9. The molecule has 29 heavy (non-hydrogen) atoms. The number of thioether (sulfide) groups is 1. The first-order valence-corrected chi connectivity index (χ1v) is 11.4. The van der Waals surface area contributed by atoms with E-state index in [0.29, 0.717) is 40.9 Å². The lowest BCUT2D eigenvalue weighted by Crippen LogP contribution is -2.31. The fraction of sp³-hybridized carbons (Fsp3) is 0.400. The van der Waals surface area contributed by atoms with Crippen molar-refractivity contribution in [2.24, 2.45) is 0 Å². The Morgan fingerprint density at radius 3 is 2.14 bits per heavy atom. The maximum Gasteiger partial charge on any atom is 0.248 e. The number of hydrogen-bond donors (Lipinski definition) is 0. The van der Waals surface area contributed by atoms with Gasteiger partial charge in [-0.1, -0.05) is 6.07 Å². The molecule has 1 fully saturated rings. The van der Waals surface area contributed by atoms with Crippen LogP contribution in [0.5, 0.6) is 23.0 Å². The van der Waals surface area contributed by atoms with Crippen LogP contribution in [0.4, 0.5) is 0 Å². The van der Waals surface area contributed by atoms with Crippen LogP contribution in [0.2, 0.25) is 0 Å². The van der Waals surface area contributed by atoms with Gasteiger partial charge in [-0.25, -0.2) is 8.42 Å². The summed E-state index contributed by atoms with van der Waals surface area (Å²) >= 11 is 1.53. The molecule has 0 amide bonds. The minimum absolute atomic E-state index is 0.159. The van der Waals surface area contributed by atoms with Gasteiger partial charge in [-0.3, -0.25) is 0 Å². The molecular formula is C20H25NO6S2. The van der Waals surface area contributed by atoms with Gasteiger partial charge in [0.1, 0.15) is 16.4 Å². The standard InChI is InChI=1S/C20H25NO6S2/c1-13-6-7-15(24-2)19(10-13)29(22,23)21-8-9-28-20(21)14-11-17(26-4)18(27-5)12-16(14)25-3/h6-7,10-12,20H,8-9H2,1-5H3. The molecule has 3 rings (SSSR count). The van der Waals surface area contributed by atoms with Crippen LogP contribution in [0.1, 0.15) is 16.5 Å². The van der Waals surface area contributed by atoms with Crippen LogP contribution in [-0.2, 0) is 10.0 Å². The van der Waals surface area contributed by atoms with Crippen molar-refractivity contribution >= 4 is 21.8 Å². The molecule has 7 nitrogen and oxygen atoms in total. The van der Waals surface area contributed by atoms with Crippen LogP contribution in [-0.4, -0.2) is 53.5 Å². The van der Waals surface area contributed by atoms with E-state index >= 15 is 0 Å². The third-order valence-corrected chi connectivity index (χ3v) is 8.02. The minimum Gasteiger partial charge on any atom is -0.496 e. The molecule has 0 N–H and O–H groups in total. The minimum atomic E-state index is -3.80. The predicted molar refractivity (Wildman–Crippen MR) is 113 cm³/mol. The summed E-state index contributed by atoms with van der Waals surface area (Å²) in [5.41, 5.74) is 1.55. The molecule has 0 bridgehead atoms. The largest absolute Gasteiger partial charge is 0.496 e. The summed E-state index contributed by atoms with van der Waals surface area (Å²) < 4.78 is 50.2. The van der Waals surface area contributed by atoms with E-state index in [9.17, 15) is 8.42 Å². The molecule has 2 aromatic rings. The topological polar surface area (TPSA) is 74.3 Å². The van der Waals surface area contributed by atoms with Gasteiger partial charge in [-0.15, -0.1) is 11.8 Å². The van der Waals surface area contributed by atoms with Gasteiger partial charge in [-0.2, -0.15) is 4.31 Å². The molecule has 0 spiro atoms. The number of nitrogens with zero attached hydrogens (tertiary/aromatic N) is 1. The summed E-state index contributed by atoms with van der Waals surface area (Å²) in [6, 6.07) is 8.63. The lowest BCUT2D eigenvalue weighted by molar-refractivity contribution is 0.344. The third-order valence-electron chi connectivity index (χ3n) is 4.76. The number of methoxy groups -OCH3 is 4. The van der Waals surface area contributed by atoms with E-state index in [1.165, 1.54) is 23.2 Å². The molecule has 1 heterocycles. The van der Waals surface area contributed by atoms with Crippen molar-refractivity contribution in [3.8, 4) is 23.0 Å². The smallest absolute Gasteiger partial charge is 0.248 e. The van der Waals surface area contributed by atoms with E-state index < -0.39 is 15.4 Å². The van der Waals surface area contributed by atoms with Crippen molar-refractivity contribution in [3.05, 3.63) is 41.5 Å². The Labute approximate surface area is 176 Å². The Hall–Kier alpha value is -2.10. The molecule has 1 aliphatic heterocycles. The molecule has 2 aromatic carbocycles. The van der Waals surface area contributed by atoms with Crippen LogP contribution >= 0.6 is 11.8 Å². The van der Waals surface area contributed by atoms with Crippen molar-refractivity contribution in [2.75, 3.05) is 40.7 Å². The summed E-state index contributed by atoms with van der Waals surface area (Å²) in [6.07, 6.45) is 0. The highest BCUT2D eigenvalue weighted by Crippen LogP contribution is 2.48. The van der Waals surface area contributed by atoms with Crippen molar-refractivity contribution < 1.29 is 27.4 Å². The summed E-state index contributed by atoms with van der Waals surface area (Å²) in [4.78, 5) is 0.159. The fourth-order valence-electron chi connectivity index (χ4n) is 3.30. The Bertz CT molecular complexity index is 993. The molecule has 0 saturated carbocycles. The molecular weight excluding hydrogens is 414 g/mol. The van der Waals surface area contributed by atoms with Crippen LogP contribution in [0, 0.1) is 6.92 Å². The SMILES string of the molecule is COc1cc(OC)c(C2SCCN2S(=O)(=O)c2cc(C)ccc2OC)cc1OC. The quantitative estimate of drug-likeness (QED) is 0.654. The number of benzene rings is 2. The van der Waals surface area contributed by atoms with E-state index in [-0.39, 0.29) is 4.90 Å². The second-order valence-electron chi connectivity index (χ2n) is 6.44. The Morgan fingerprint density at radius 2 is 1.52 bits per heavy atom. The molecule has 9 heteroatoms. The first kappa shape index (κ1) is 21.6. The number of sulfonamides is 1. The lowest BCUT2D eigenvalue weighted by atomic mass is 10.1. The fourth-order valence-corrected chi connectivity index (χ4v) is 6.79. The van der Waals surface area contributed by atoms with Gasteiger partial charge in [0, 0.05) is 23.9 Å². The van der Waals surface area contributed by atoms with Crippen molar-refractivity contribution in [1.82, 2.24) is 4.31 Å². The van der Waals surface area contributed by atoms with Crippen molar-refractivity contribution in [1.29, 1.82) is 0 Å². The summed E-state index contributed by atoms with van der Waals surface area (Å²) in [6.45, 7) is 2.23. The number of ether oxygens (including phenoxy) is 4. The van der Waals surface area contributed by atoms with Gasteiger partial charge in [-0.05, 0) is 30.7 Å². The van der Waals surface area contributed by atoms with Gasteiger partial charge >= 0.3 is 0 Å². The molecule has 1 aliphatic rings. The van der Waals surface area contributed by atoms with Crippen LogP contribution in [0.15, 0.2) is 35.2 Å². The highest BCUT2D eigenvalue weighted by molar-refractivity contribution is 8.01. The van der Waals surface area contributed by atoms with Gasteiger partial charge in [0.2, 0.25) is 10.0 Å². The van der Waals surface area contributed by atoms with E-state index in [1.807, 2.05) is 13.0 Å². The van der Waals surface area contributed by atoms with Gasteiger partial charge < -0.3 is 18.9 Å². The maximum absolute atomic E-state index is 13.6. The van der Waals surface area contributed by atoms with Crippen LogP contribution in [0.3, 0.4) is 0 Å². The molecule has 0 aliphatic carbocycles. The third kappa shape index (κ3) is 3.99. The number of hydrogen-bond acceptors (Lipinski definition) is 7. The van der Waals surface area contributed by atoms with E-state index in [4.69, 9.17) is 18.9 Å². The lowest BCUT2D eigenvalue weighted by Gasteiger charge is -2.26. The molecule has 1 saturated heterocycles. The molecule has 1 atom stereocenters. The highest BCUT2D eigenvalue weighted by Gasteiger charge is 2.40. The summed E-state index contributed by atoms with van der Waals surface area (Å²) in [5.74, 6) is 2.56. The van der Waals surface area contributed by atoms with E-state index in [0.717, 1.165) is 5.56 Å². The Kier molecular flexibility index (Phi) is 6.50. The molecule has 1 unspecified atom stereocenters. The molecule has 0 aromatic heterocycles. The monoisotopic (exact) mass is 439 g/mol. The van der Waals surface area contributed by atoms with Gasteiger partial charge in [0.25, 0.3) is 0 Å². The average Bonchev–Trinajstić information content (AvgIpc) is 3.23. The van der Waals surface area contributed by atoms with Crippen molar-refractivity contribution in [2.45, 2.75) is 17.2 Å². The predicted octanol–water partition coefficient (Wildman–Crippen LogP) is 3.47. The zero-order chi connectivity index (χ0) is 21.2. The average molecular weight is 440 g/mol. The van der Waals surface area contributed by atoms with Gasteiger partial charge in [0.15, 0.2) is 11.5 Å². The first-order valence-electron chi connectivity index (χ1n) is 8.95. The van der Waals surface area contributed by atoms with E-state index in [2.05, 4.69) is 0 Å².